The molecule has 0 radical (unpaired) electrons. The number of carbonyl (C=O) groups excluding carboxylic acids is 1. The molecule has 0 saturated carbocycles. The summed E-state index contributed by atoms with van der Waals surface area (Å²) in [4.78, 5) is 17.4. The average molecular weight is 377 g/mol. The van der Waals surface area contributed by atoms with Crippen LogP contribution in [0.4, 0.5) is 0 Å². The fraction of sp³-hybridized carbons (Fsp3) is 0.235. The first-order valence-corrected chi connectivity index (χ1v) is 8.89. The Labute approximate surface area is 152 Å². The van der Waals surface area contributed by atoms with Crippen LogP contribution >= 0.6 is 22.9 Å². The van der Waals surface area contributed by atoms with Crippen LogP contribution in [0.5, 0.6) is 5.75 Å². The SMILES string of the molecule is O=C(OCc1nc(-c2cccs2)no1)[C@H]1COc2ccc(Cl)cc2C1. The highest BCUT2D eigenvalue weighted by atomic mass is 35.5. The molecule has 25 heavy (non-hydrogen) atoms. The van der Waals surface area contributed by atoms with Gasteiger partial charge in [0, 0.05) is 5.02 Å². The van der Waals surface area contributed by atoms with Crippen LogP contribution in [0.3, 0.4) is 0 Å². The Morgan fingerprint density at radius 1 is 1.40 bits per heavy atom. The first kappa shape index (κ1) is 16.1. The second-order valence-corrected chi connectivity index (χ2v) is 6.94. The van der Waals surface area contributed by atoms with E-state index in [1.54, 1.807) is 6.07 Å². The number of aromatic nitrogens is 2. The molecule has 128 valence electrons. The topological polar surface area (TPSA) is 74.5 Å². The van der Waals surface area contributed by atoms with E-state index in [0.29, 0.717) is 17.3 Å². The summed E-state index contributed by atoms with van der Waals surface area (Å²) in [6.07, 6.45) is 0.527. The predicted molar refractivity (Wildman–Crippen MR) is 91.5 cm³/mol. The molecule has 0 fully saturated rings. The molecule has 0 bridgehead atoms. The molecular formula is C17H13ClN2O4S. The van der Waals surface area contributed by atoms with Gasteiger partial charge in [-0.2, -0.15) is 4.98 Å². The molecular weight excluding hydrogens is 364 g/mol. The Morgan fingerprint density at radius 3 is 3.16 bits per heavy atom. The van der Waals surface area contributed by atoms with E-state index in [4.69, 9.17) is 25.6 Å². The summed E-state index contributed by atoms with van der Waals surface area (Å²) in [5.41, 5.74) is 0.901. The van der Waals surface area contributed by atoms with Crippen molar-refractivity contribution in [3.63, 3.8) is 0 Å². The molecule has 1 aliphatic heterocycles. The lowest BCUT2D eigenvalue weighted by molar-refractivity contribution is -0.152. The zero-order valence-corrected chi connectivity index (χ0v) is 14.5. The van der Waals surface area contributed by atoms with Crippen LogP contribution in [0.25, 0.3) is 10.7 Å². The molecule has 0 amide bonds. The molecule has 1 atom stereocenters. The lowest BCUT2D eigenvalue weighted by Gasteiger charge is -2.23. The number of esters is 1. The van der Waals surface area contributed by atoms with Crippen molar-refractivity contribution in [3.05, 3.63) is 52.2 Å². The molecule has 2 aromatic heterocycles. The zero-order chi connectivity index (χ0) is 17.2. The maximum Gasteiger partial charge on any atom is 0.313 e. The number of fused-ring (bicyclic) bond motifs is 1. The van der Waals surface area contributed by atoms with E-state index in [-0.39, 0.29) is 31.0 Å². The smallest absolute Gasteiger partial charge is 0.313 e. The van der Waals surface area contributed by atoms with Crippen molar-refractivity contribution < 1.29 is 18.8 Å². The van der Waals surface area contributed by atoms with Gasteiger partial charge in [0.2, 0.25) is 5.82 Å². The third kappa shape index (κ3) is 3.52. The number of benzene rings is 1. The molecule has 4 rings (SSSR count). The van der Waals surface area contributed by atoms with E-state index in [1.807, 2.05) is 29.6 Å². The molecule has 8 heteroatoms. The number of hydrogen-bond donors (Lipinski definition) is 0. The standard InChI is InChI=1S/C17H13ClN2O4S/c18-12-3-4-13-10(7-12)6-11(8-22-13)17(21)23-9-15-19-16(20-24-15)14-2-1-5-25-14/h1-5,7,11H,6,8-9H2/t11-/m1/s1. The van der Waals surface area contributed by atoms with Crippen LogP contribution in [0.2, 0.25) is 5.02 Å². The monoisotopic (exact) mass is 376 g/mol. The van der Waals surface area contributed by atoms with Crippen LogP contribution in [-0.4, -0.2) is 22.7 Å². The van der Waals surface area contributed by atoms with Gasteiger partial charge >= 0.3 is 5.97 Å². The number of nitrogens with zero attached hydrogens (tertiary/aromatic N) is 2. The summed E-state index contributed by atoms with van der Waals surface area (Å²) in [5, 5.41) is 6.43. The fourth-order valence-electron chi connectivity index (χ4n) is 2.58. The van der Waals surface area contributed by atoms with Crippen molar-refractivity contribution in [3.8, 4) is 16.5 Å². The minimum Gasteiger partial charge on any atom is -0.492 e. The number of carbonyl (C=O) groups is 1. The van der Waals surface area contributed by atoms with Gasteiger partial charge in [0.1, 0.15) is 12.4 Å². The summed E-state index contributed by atoms with van der Waals surface area (Å²) in [6.45, 7) is 0.216. The van der Waals surface area contributed by atoms with Gasteiger partial charge in [0.25, 0.3) is 5.89 Å². The number of halogens is 1. The van der Waals surface area contributed by atoms with Crippen molar-refractivity contribution in [1.82, 2.24) is 10.1 Å². The van der Waals surface area contributed by atoms with E-state index in [2.05, 4.69) is 10.1 Å². The Bertz CT molecular complexity index is 894. The van der Waals surface area contributed by atoms with Crippen molar-refractivity contribution in [2.24, 2.45) is 5.92 Å². The Hall–Kier alpha value is -2.38. The second kappa shape index (κ2) is 6.85. The fourth-order valence-corrected chi connectivity index (χ4v) is 3.43. The van der Waals surface area contributed by atoms with Gasteiger partial charge in [-0.3, -0.25) is 4.79 Å². The van der Waals surface area contributed by atoms with E-state index >= 15 is 0 Å². The molecule has 0 N–H and O–H groups in total. The number of thiophene rings is 1. The summed E-state index contributed by atoms with van der Waals surface area (Å²) in [5.74, 6) is 0.764. The van der Waals surface area contributed by atoms with Crippen molar-refractivity contribution in [1.29, 1.82) is 0 Å². The summed E-state index contributed by atoms with van der Waals surface area (Å²) in [6, 6.07) is 9.18. The molecule has 6 nitrogen and oxygen atoms in total. The van der Waals surface area contributed by atoms with Crippen molar-refractivity contribution in [2.75, 3.05) is 6.61 Å². The number of rotatable bonds is 4. The Morgan fingerprint density at radius 2 is 2.32 bits per heavy atom. The van der Waals surface area contributed by atoms with Gasteiger partial charge in [0.05, 0.1) is 10.8 Å². The van der Waals surface area contributed by atoms with Gasteiger partial charge in [0.15, 0.2) is 6.61 Å². The molecule has 0 unspecified atom stereocenters. The van der Waals surface area contributed by atoms with Crippen molar-refractivity contribution in [2.45, 2.75) is 13.0 Å². The minimum atomic E-state index is -0.384. The molecule has 1 aromatic carbocycles. The number of ether oxygens (including phenoxy) is 2. The largest absolute Gasteiger partial charge is 0.492 e. The summed E-state index contributed by atoms with van der Waals surface area (Å²) < 4.78 is 16.0. The van der Waals surface area contributed by atoms with Gasteiger partial charge in [-0.15, -0.1) is 11.3 Å². The lowest BCUT2D eigenvalue weighted by atomic mass is 9.97. The first-order valence-electron chi connectivity index (χ1n) is 7.63. The van der Waals surface area contributed by atoms with E-state index in [9.17, 15) is 4.79 Å². The molecule has 3 aromatic rings. The van der Waals surface area contributed by atoms with Gasteiger partial charge < -0.3 is 14.0 Å². The Kier molecular flexibility index (Phi) is 4.42. The van der Waals surface area contributed by atoms with Crippen LogP contribution in [0.1, 0.15) is 11.5 Å². The second-order valence-electron chi connectivity index (χ2n) is 5.56. The highest BCUT2D eigenvalue weighted by molar-refractivity contribution is 7.13. The summed E-state index contributed by atoms with van der Waals surface area (Å²) in [7, 11) is 0. The predicted octanol–water partition coefficient (Wildman–Crippen LogP) is 3.75. The van der Waals surface area contributed by atoms with E-state index in [0.717, 1.165) is 16.2 Å². The van der Waals surface area contributed by atoms with E-state index < -0.39 is 0 Å². The van der Waals surface area contributed by atoms with Crippen LogP contribution < -0.4 is 4.74 Å². The maximum absolute atomic E-state index is 12.3. The summed E-state index contributed by atoms with van der Waals surface area (Å²) >= 11 is 7.50. The van der Waals surface area contributed by atoms with Crippen LogP contribution in [0, 0.1) is 5.92 Å². The highest BCUT2D eigenvalue weighted by Crippen LogP contribution is 2.30. The molecule has 0 aliphatic carbocycles. The quantitative estimate of drug-likeness (QED) is 0.645. The number of hydrogen-bond acceptors (Lipinski definition) is 7. The van der Waals surface area contributed by atoms with Crippen LogP contribution in [0.15, 0.2) is 40.2 Å². The Balaban J connectivity index is 1.37. The first-order chi connectivity index (χ1) is 12.2. The van der Waals surface area contributed by atoms with Gasteiger partial charge in [-0.05, 0) is 41.6 Å². The molecule has 3 heterocycles. The highest BCUT2D eigenvalue weighted by Gasteiger charge is 2.28. The normalized spacial score (nSPS) is 16.1. The zero-order valence-electron chi connectivity index (χ0n) is 13.0. The van der Waals surface area contributed by atoms with Crippen molar-refractivity contribution >= 4 is 28.9 Å². The lowest BCUT2D eigenvalue weighted by Crippen LogP contribution is -2.29. The molecule has 0 saturated heterocycles. The van der Waals surface area contributed by atoms with Gasteiger partial charge in [-0.1, -0.05) is 22.8 Å². The van der Waals surface area contributed by atoms with E-state index in [1.165, 1.54) is 11.3 Å². The van der Waals surface area contributed by atoms with Gasteiger partial charge in [-0.25, -0.2) is 0 Å². The minimum absolute atomic E-state index is 0.0594. The van der Waals surface area contributed by atoms with Crippen LogP contribution in [-0.2, 0) is 22.6 Å². The average Bonchev–Trinajstić information content (AvgIpc) is 3.30. The maximum atomic E-state index is 12.3. The molecule has 0 spiro atoms. The molecule has 1 aliphatic rings. The third-order valence-corrected chi connectivity index (χ3v) is 4.91. The third-order valence-electron chi connectivity index (χ3n) is 3.81.